The zero-order chi connectivity index (χ0) is 25.9. The topological polar surface area (TPSA) is 66.4 Å². The third-order valence-electron chi connectivity index (χ3n) is 6.12. The Kier molecular flexibility index (Phi) is 9.32. The van der Waals surface area contributed by atoms with E-state index in [-0.39, 0.29) is 5.91 Å². The van der Waals surface area contributed by atoms with Crippen molar-refractivity contribution in [1.29, 1.82) is 0 Å². The van der Waals surface area contributed by atoms with Gasteiger partial charge in [-0.1, -0.05) is 43.0 Å². The zero-order valence-electron chi connectivity index (χ0n) is 21.3. The van der Waals surface area contributed by atoms with Gasteiger partial charge in [0.15, 0.2) is 11.5 Å². The molecule has 0 unspecified atom stereocenters. The number of piperazine rings is 1. The number of anilines is 1. The molecule has 1 fully saturated rings. The lowest BCUT2D eigenvalue weighted by molar-refractivity contribution is 0.0955. The van der Waals surface area contributed by atoms with Gasteiger partial charge in [0.2, 0.25) is 0 Å². The molecular weight excluding hydrogens is 464 g/mol. The molecule has 1 N–H and O–H groups in total. The van der Waals surface area contributed by atoms with Crippen molar-refractivity contribution in [2.45, 2.75) is 13.5 Å². The number of rotatable bonds is 11. The van der Waals surface area contributed by atoms with Gasteiger partial charge in [-0.15, -0.1) is 0 Å². The Labute approximate surface area is 219 Å². The van der Waals surface area contributed by atoms with Crippen molar-refractivity contribution in [3.8, 4) is 11.5 Å². The first-order valence-corrected chi connectivity index (χ1v) is 12.6. The van der Waals surface area contributed by atoms with Gasteiger partial charge < -0.3 is 14.4 Å². The molecule has 0 aromatic heterocycles. The summed E-state index contributed by atoms with van der Waals surface area (Å²) < 4.78 is 11.3. The molecule has 0 radical (unpaired) electrons. The molecule has 0 spiro atoms. The predicted molar refractivity (Wildman–Crippen MR) is 149 cm³/mol. The largest absolute Gasteiger partial charge is 0.490 e. The van der Waals surface area contributed by atoms with Crippen LogP contribution in [0.25, 0.3) is 0 Å². The van der Waals surface area contributed by atoms with Gasteiger partial charge >= 0.3 is 0 Å². The molecule has 3 aromatic carbocycles. The third kappa shape index (κ3) is 7.44. The van der Waals surface area contributed by atoms with Gasteiger partial charge in [-0.3, -0.25) is 9.69 Å². The van der Waals surface area contributed by atoms with Crippen molar-refractivity contribution in [2.75, 3.05) is 44.3 Å². The fourth-order valence-electron chi connectivity index (χ4n) is 4.19. The van der Waals surface area contributed by atoms with E-state index in [1.807, 2.05) is 49.4 Å². The highest BCUT2D eigenvalue weighted by Crippen LogP contribution is 2.28. The van der Waals surface area contributed by atoms with Crippen molar-refractivity contribution in [1.82, 2.24) is 10.3 Å². The summed E-state index contributed by atoms with van der Waals surface area (Å²) in [6.45, 7) is 11.4. The summed E-state index contributed by atoms with van der Waals surface area (Å²) in [6, 6.07) is 23.8. The Bertz CT molecular complexity index is 1190. The second-order valence-corrected chi connectivity index (χ2v) is 8.73. The quantitative estimate of drug-likeness (QED) is 0.235. The highest BCUT2D eigenvalue weighted by molar-refractivity contribution is 5.95. The van der Waals surface area contributed by atoms with Crippen LogP contribution in [0.2, 0.25) is 0 Å². The summed E-state index contributed by atoms with van der Waals surface area (Å²) in [6.07, 6.45) is 3.27. The number of hydrogen-bond acceptors (Lipinski definition) is 6. The molecule has 0 bridgehead atoms. The molecule has 1 aliphatic heterocycles. The highest BCUT2D eigenvalue weighted by Gasteiger charge is 2.17. The Morgan fingerprint density at radius 2 is 1.73 bits per heavy atom. The van der Waals surface area contributed by atoms with E-state index in [1.54, 1.807) is 12.3 Å². The van der Waals surface area contributed by atoms with E-state index < -0.39 is 0 Å². The van der Waals surface area contributed by atoms with Gasteiger partial charge in [-0.2, -0.15) is 5.10 Å². The van der Waals surface area contributed by atoms with E-state index in [4.69, 9.17) is 9.47 Å². The van der Waals surface area contributed by atoms with Gasteiger partial charge in [0.25, 0.3) is 5.91 Å². The standard InChI is InChI=1S/C30H34N4O3/c1-3-20-37-28-15-12-25(21-29(28)36-4-2)22-31-32-30(35)26-13-10-24(11-14-26)23-33-16-18-34(19-17-33)27-8-6-5-7-9-27/h3,5-15,21-22H,1,4,16-20,23H2,2H3,(H,32,35)/b31-22-. The lowest BCUT2D eigenvalue weighted by Gasteiger charge is -2.36. The molecule has 37 heavy (non-hydrogen) atoms. The van der Waals surface area contributed by atoms with Crippen molar-refractivity contribution >= 4 is 17.8 Å². The first kappa shape index (κ1) is 26.0. The predicted octanol–water partition coefficient (Wildman–Crippen LogP) is 4.74. The van der Waals surface area contributed by atoms with E-state index in [0.717, 1.165) is 38.3 Å². The van der Waals surface area contributed by atoms with Gasteiger partial charge in [-0.05, 0) is 60.5 Å². The maximum atomic E-state index is 12.6. The van der Waals surface area contributed by atoms with E-state index in [2.05, 4.69) is 57.2 Å². The summed E-state index contributed by atoms with van der Waals surface area (Å²) >= 11 is 0. The van der Waals surface area contributed by atoms with Crippen molar-refractivity contribution in [3.05, 3.63) is 102 Å². The van der Waals surface area contributed by atoms with E-state index in [1.165, 1.54) is 11.3 Å². The number of carbonyl (C=O) groups excluding carboxylic acids is 1. The zero-order valence-corrected chi connectivity index (χ0v) is 21.3. The number of amides is 1. The van der Waals surface area contributed by atoms with Crippen LogP contribution in [0.3, 0.4) is 0 Å². The molecule has 0 aliphatic carbocycles. The fraction of sp³-hybridized carbons (Fsp3) is 0.267. The molecule has 192 valence electrons. The van der Waals surface area contributed by atoms with E-state index >= 15 is 0 Å². The number of para-hydroxylation sites is 1. The van der Waals surface area contributed by atoms with Crippen LogP contribution in [0.1, 0.15) is 28.4 Å². The maximum absolute atomic E-state index is 12.6. The molecule has 1 heterocycles. The minimum atomic E-state index is -0.254. The molecule has 1 aliphatic rings. The number of carbonyl (C=O) groups is 1. The van der Waals surface area contributed by atoms with Gasteiger partial charge in [0, 0.05) is 44.0 Å². The van der Waals surface area contributed by atoms with Crippen LogP contribution < -0.4 is 19.8 Å². The maximum Gasteiger partial charge on any atom is 0.271 e. The summed E-state index contributed by atoms with van der Waals surface area (Å²) in [5, 5.41) is 4.11. The first-order valence-electron chi connectivity index (χ1n) is 12.6. The Morgan fingerprint density at radius 1 is 0.973 bits per heavy atom. The SMILES string of the molecule is C=CCOc1ccc(/C=N\NC(=O)c2ccc(CN3CCN(c4ccccc4)CC3)cc2)cc1OCC. The van der Waals surface area contributed by atoms with Crippen LogP contribution in [0.5, 0.6) is 11.5 Å². The Hall–Kier alpha value is -4.10. The number of nitrogens with zero attached hydrogens (tertiary/aromatic N) is 3. The Morgan fingerprint density at radius 3 is 2.43 bits per heavy atom. The highest BCUT2D eigenvalue weighted by atomic mass is 16.5. The van der Waals surface area contributed by atoms with Crippen LogP contribution in [0.15, 0.2) is 90.6 Å². The number of hydrogen-bond donors (Lipinski definition) is 1. The van der Waals surface area contributed by atoms with Crippen molar-refractivity contribution < 1.29 is 14.3 Å². The van der Waals surface area contributed by atoms with Crippen molar-refractivity contribution in [2.24, 2.45) is 5.10 Å². The lowest BCUT2D eigenvalue weighted by Crippen LogP contribution is -2.45. The molecule has 0 saturated carbocycles. The fourth-order valence-corrected chi connectivity index (χ4v) is 4.19. The van der Waals surface area contributed by atoms with Crippen molar-refractivity contribution in [3.63, 3.8) is 0 Å². The summed E-state index contributed by atoms with van der Waals surface area (Å²) in [7, 11) is 0. The molecule has 7 heteroatoms. The monoisotopic (exact) mass is 498 g/mol. The summed E-state index contributed by atoms with van der Waals surface area (Å²) in [5.41, 5.74) is 6.43. The van der Waals surface area contributed by atoms with Crippen LogP contribution in [0.4, 0.5) is 5.69 Å². The van der Waals surface area contributed by atoms with Gasteiger partial charge in [0.05, 0.1) is 12.8 Å². The second-order valence-electron chi connectivity index (χ2n) is 8.73. The number of hydrazone groups is 1. The average Bonchev–Trinajstić information content (AvgIpc) is 2.94. The molecule has 3 aromatic rings. The number of nitrogens with one attached hydrogen (secondary N) is 1. The van der Waals surface area contributed by atoms with Gasteiger partial charge in [-0.25, -0.2) is 5.43 Å². The second kappa shape index (κ2) is 13.3. The molecule has 0 atom stereocenters. The summed E-state index contributed by atoms with van der Waals surface area (Å²) in [5.74, 6) is 1.01. The van der Waals surface area contributed by atoms with E-state index in [9.17, 15) is 4.79 Å². The molecule has 1 saturated heterocycles. The molecule has 7 nitrogen and oxygen atoms in total. The van der Waals surface area contributed by atoms with Crippen LogP contribution in [-0.4, -0.2) is 56.4 Å². The number of benzene rings is 3. The smallest absolute Gasteiger partial charge is 0.271 e. The average molecular weight is 499 g/mol. The van der Waals surface area contributed by atoms with E-state index in [0.29, 0.717) is 30.3 Å². The molecule has 4 rings (SSSR count). The van der Waals surface area contributed by atoms with Crippen LogP contribution in [-0.2, 0) is 6.54 Å². The minimum Gasteiger partial charge on any atom is -0.490 e. The summed E-state index contributed by atoms with van der Waals surface area (Å²) in [4.78, 5) is 17.4. The molecule has 1 amide bonds. The third-order valence-corrected chi connectivity index (χ3v) is 6.12. The number of ether oxygens (including phenoxy) is 2. The molecular formula is C30H34N4O3. The first-order chi connectivity index (χ1) is 18.2. The van der Waals surface area contributed by atoms with Crippen LogP contribution >= 0.6 is 0 Å². The normalized spacial score (nSPS) is 13.9. The lowest BCUT2D eigenvalue weighted by atomic mass is 10.1. The minimum absolute atomic E-state index is 0.254. The van der Waals surface area contributed by atoms with Crippen LogP contribution in [0, 0.1) is 0 Å². The Balaban J connectivity index is 1.26. The van der Waals surface area contributed by atoms with Gasteiger partial charge in [0.1, 0.15) is 6.61 Å².